The first kappa shape index (κ1) is 14.3. The number of hydrogen-bond donors (Lipinski definition) is 2. The topological polar surface area (TPSA) is 58.7 Å². The van der Waals surface area contributed by atoms with Gasteiger partial charge in [0.2, 0.25) is 0 Å². The maximum absolute atomic E-state index is 9.38. The van der Waals surface area contributed by atoms with Gasteiger partial charge in [-0.2, -0.15) is 5.90 Å². The van der Waals surface area contributed by atoms with Crippen LogP contribution in [0.3, 0.4) is 0 Å². The number of piperidine rings is 1. The van der Waals surface area contributed by atoms with Gasteiger partial charge in [-0.15, -0.1) is 0 Å². The summed E-state index contributed by atoms with van der Waals surface area (Å²) >= 11 is 0. The van der Waals surface area contributed by atoms with E-state index in [2.05, 4.69) is 24.8 Å². The average molecular weight is 264 g/mol. The van der Waals surface area contributed by atoms with Crippen molar-refractivity contribution in [3.63, 3.8) is 0 Å². The van der Waals surface area contributed by atoms with E-state index in [1.165, 1.54) is 11.1 Å². The first-order chi connectivity index (χ1) is 9.06. The number of hydrogen-bond acceptors (Lipinski definition) is 4. The van der Waals surface area contributed by atoms with Gasteiger partial charge >= 0.3 is 0 Å². The maximum atomic E-state index is 9.38. The second-order valence-electron chi connectivity index (χ2n) is 5.95. The van der Waals surface area contributed by atoms with Crippen LogP contribution >= 0.6 is 0 Å². The maximum Gasteiger partial charge on any atom is 0.147 e. The van der Waals surface area contributed by atoms with Crippen molar-refractivity contribution >= 4 is 0 Å². The fourth-order valence-electron chi connectivity index (χ4n) is 2.57. The lowest BCUT2D eigenvalue weighted by atomic mass is 9.81. The van der Waals surface area contributed by atoms with Crippen LogP contribution in [0.2, 0.25) is 0 Å². The summed E-state index contributed by atoms with van der Waals surface area (Å²) in [6, 6.07) is 5.96. The first-order valence-corrected chi connectivity index (χ1v) is 6.86. The fraction of sp³-hybridized carbons (Fsp3) is 0.600. The van der Waals surface area contributed by atoms with Crippen molar-refractivity contribution in [3.8, 4) is 5.75 Å². The van der Waals surface area contributed by atoms with Crippen LogP contribution in [0.4, 0.5) is 0 Å². The van der Waals surface area contributed by atoms with Gasteiger partial charge in [-0.25, -0.2) is 0 Å². The van der Waals surface area contributed by atoms with E-state index in [1.807, 2.05) is 12.1 Å². The molecule has 1 aliphatic rings. The molecule has 1 aliphatic heterocycles. The molecule has 1 aromatic rings. The Kier molecular flexibility index (Phi) is 4.45. The monoisotopic (exact) mass is 264 g/mol. The molecule has 0 aliphatic carbocycles. The molecule has 0 saturated carbocycles. The third-order valence-electron chi connectivity index (χ3n) is 4.29. The lowest BCUT2D eigenvalue weighted by molar-refractivity contribution is 0.0556. The highest BCUT2D eigenvalue weighted by Gasteiger charge is 2.29. The summed E-state index contributed by atoms with van der Waals surface area (Å²) in [5.41, 5.74) is 2.63. The minimum absolute atomic E-state index is 0.114. The molecule has 1 aromatic carbocycles. The standard InChI is InChI=1S/C15H24N2O2/c1-12-9-14(19-16)4-3-13(12)10-17-7-5-15(2,11-18)6-8-17/h3-4,9,18H,5-8,10-11,16H2,1-2H3. The van der Waals surface area contributed by atoms with Crippen molar-refractivity contribution in [1.82, 2.24) is 4.90 Å². The molecule has 1 heterocycles. The quantitative estimate of drug-likeness (QED) is 0.815. The molecule has 4 heteroatoms. The Morgan fingerprint density at radius 2 is 2.05 bits per heavy atom. The van der Waals surface area contributed by atoms with Crippen molar-refractivity contribution in [3.05, 3.63) is 29.3 Å². The summed E-state index contributed by atoms with van der Waals surface area (Å²) in [4.78, 5) is 7.19. The van der Waals surface area contributed by atoms with Gasteiger partial charge in [0.15, 0.2) is 0 Å². The zero-order chi connectivity index (χ0) is 13.9. The fourth-order valence-corrected chi connectivity index (χ4v) is 2.57. The molecule has 0 atom stereocenters. The molecule has 0 spiro atoms. The summed E-state index contributed by atoms with van der Waals surface area (Å²) in [5.74, 6) is 5.87. The molecular weight excluding hydrogens is 240 g/mol. The number of likely N-dealkylation sites (tertiary alicyclic amines) is 1. The Hall–Kier alpha value is -1.10. The molecule has 106 valence electrons. The largest absolute Gasteiger partial charge is 0.412 e. The Morgan fingerprint density at radius 3 is 2.58 bits per heavy atom. The lowest BCUT2D eigenvalue weighted by Gasteiger charge is -2.38. The highest BCUT2D eigenvalue weighted by molar-refractivity contribution is 5.34. The van der Waals surface area contributed by atoms with Crippen molar-refractivity contribution in [2.24, 2.45) is 11.3 Å². The molecule has 3 N–H and O–H groups in total. The molecule has 1 fully saturated rings. The van der Waals surface area contributed by atoms with E-state index in [4.69, 9.17) is 10.7 Å². The number of nitrogens with zero attached hydrogens (tertiary/aromatic N) is 1. The van der Waals surface area contributed by atoms with Crippen molar-refractivity contribution in [2.45, 2.75) is 33.2 Å². The molecule has 19 heavy (non-hydrogen) atoms. The predicted molar refractivity (Wildman–Crippen MR) is 75.7 cm³/mol. The van der Waals surface area contributed by atoms with Gasteiger partial charge in [0.05, 0.1) is 0 Å². The highest BCUT2D eigenvalue weighted by Crippen LogP contribution is 2.31. The van der Waals surface area contributed by atoms with Crippen molar-refractivity contribution in [1.29, 1.82) is 0 Å². The number of aliphatic hydroxyl groups excluding tert-OH is 1. The molecule has 4 nitrogen and oxygen atoms in total. The lowest BCUT2D eigenvalue weighted by Crippen LogP contribution is -2.40. The molecule has 0 aromatic heterocycles. The number of benzene rings is 1. The molecule has 2 rings (SSSR count). The summed E-state index contributed by atoms with van der Waals surface area (Å²) in [5, 5.41) is 9.38. The molecule has 0 amide bonds. The number of aryl methyl sites for hydroxylation is 1. The zero-order valence-corrected chi connectivity index (χ0v) is 11.9. The van der Waals surface area contributed by atoms with Crippen molar-refractivity contribution in [2.75, 3.05) is 19.7 Å². The Balaban J connectivity index is 1.96. The number of nitrogens with two attached hydrogens (primary N) is 1. The van der Waals surface area contributed by atoms with E-state index in [9.17, 15) is 5.11 Å². The molecular formula is C15H24N2O2. The van der Waals surface area contributed by atoms with Gasteiger partial charge in [0, 0.05) is 13.2 Å². The van der Waals surface area contributed by atoms with Crippen LogP contribution in [0.5, 0.6) is 5.75 Å². The minimum atomic E-state index is 0.114. The molecule has 1 saturated heterocycles. The summed E-state index contributed by atoms with van der Waals surface area (Å²) < 4.78 is 0. The van der Waals surface area contributed by atoms with E-state index >= 15 is 0 Å². The Labute approximate surface area is 115 Å². The van der Waals surface area contributed by atoms with Crippen LogP contribution in [0.15, 0.2) is 18.2 Å². The molecule has 0 unspecified atom stereocenters. The van der Waals surface area contributed by atoms with Crippen LogP contribution in [0.1, 0.15) is 30.9 Å². The smallest absolute Gasteiger partial charge is 0.147 e. The minimum Gasteiger partial charge on any atom is -0.412 e. The number of aliphatic hydroxyl groups is 1. The van der Waals surface area contributed by atoms with Gasteiger partial charge in [-0.3, -0.25) is 4.90 Å². The van der Waals surface area contributed by atoms with Gasteiger partial charge in [0.25, 0.3) is 0 Å². The SMILES string of the molecule is Cc1cc(ON)ccc1CN1CCC(C)(CO)CC1. The highest BCUT2D eigenvalue weighted by atomic mass is 16.6. The van der Waals surface area contributed by atoms with E-state index in [-0.39, 0.29) is 5.41 Å². The van der Waals surface area contributed by atoms with Crippen molar-refractivity contribution < 1.29 is 9.94 Å². The van der Waals surface area contributed by atoms with E-state index < -0.39 is 0 Å². The van der Waals surface area contributed by atoms with E-state index in [1.54, 1.807) is 0 Å². The Bertz CT molecular complexity index is 426. The Morgan fingerprint density at radius 1 is 1.37 bits per heavy atom. The second kappa shape index (κ2) is 5.90. The van der Waals surface area contributed by atoms with Crippen LogP contribution < -0.4 is 10.7 Å². The van der Waals surface area contributed by atoms with Crippen LogP contribution in [0, 0.1) is 12.3 Å². The summed E-state index contributed by atoms with van der Waals surface area (Å²) in [6.45, 7) is 7.60. The normalized spacial score (nSPS) is 19.4. The zero-order valence-electron chi connectivity index (χ0n) is 11.9. The third kappa shape index (κ3) is 3.47. The van der Waals surface area contributed by atoms with Gasteiger partial charge in [-0.05, 0) is 61.5 Å². The average Bonchev–Trinajstić information content (AvgIpc) is 2.43. The van der Waals surface area contributed by atoms with Gasteiger partial charge < -0.3 is 9.94 Å². The van der Waals surface area contributed by atoms with Crippen LogP contribution in [-0.2, 0) is 6.54 Å². The van der Waals surface area contributed by atoms with Crippen LogP contribution in [-0.4, -0.2) is 29.7 Å². The molecule has 0 radical (unpaired) electrons. The summed E-state index contributed by atoms with van der Waals surface area (Å²) in [7, 11) is 0. The summed E-state index contributed by atoms with van der Waals surface area (Å²) in [6.07, 6.45) is 2.12. The van der Waals surface area contributed by atoms with Crippen LogP contribution in [0.25, 0.3) is 0 Å². The third-order valence-corrected chi connectivity index (χ3v) is 4.29. The number of rotatable bonds is 4. The predicted octanol–water partition coefficient (Wildman–Crippen LogP) is 1.84. The molecule has 0 bridgehead atoms. The van der Waals surface area contributed by atoms with Gasteiger partial charge in [-0.1, -0.05) is 13.0 Å². The van der Waals surface area contributed by atoms with E-state index in [0.29, 0.717) is 12.4 Å². The first-order valence-electron chi connectivity index (χ1n) is 6.86. The second-order valence-corrected chi connectivity index (χ2v) is 5.95. The van der Waals surface area contributed by atoms with Gasteiger partial charge in [0.1, 0.15) is 5.75 Å². The van der Waals surface area contributed by atoms with E-state index in [0.717, 1.165) is 32.5 Å².